The van der Waals surface area contributed by atoms with Crippen LogP contribution < -0.4 is 10.0 Å². The molecule has 2 N–H and O–H groups in total. The first-order chi connectivity index (χ1) is 11.6. The van der Waals surface area contributed by atoms with Gasteiger partial charge in [0.1, 0.15) is 10.3 Å². The van der Waals surface area contributed by atoms with Crippen LogP contribution in [0.1, 0.15) is 30.5 Å². The van der Waals surface area contributed by atoms with Gasteiger partial charge in [0.15, 0.2) is 0 Å². The summed E-state index contributed by atoms with van der Waals surface area (Å²) in [6.45, 7) is 9.48. The summed E-state index contributed by atoms with van der Waals surface area (Å²) >= 11 is 1.12. The van der Waals surface area contributed by atoms with Gasteiger partial charge in [-0.2, -0.15) is 4.72 Å². The van der Waals surface area contributed by atoms with Crippen molar-refractivity contribution in [3.8, 4) is 0 Å². The van der Waals surface area contributed by atoms with Gasteiger partial charge in [0, 0.05) is 5.69 Å². The Balaban J connectivity index is 2.25. The van der Waals surface area contributed by atoms with Crippen molar-refractivity contribution in [3.63, 3.8) is 0 Å². The van der Waals surface area contributed by atoms with Crippen LogP contribution in [0.4, 0.5) is 5.69 Å². The number of nitrogens with one attached hydrogen (secondary N) is 2. The van der Waals surface area contributed by atoms with Crippen LogP contribution in [0.2, 0.25) is 0 Å². The van der Waals surface area contributed by atoms with Crippen molar-refractivity contribution < 1.29 is 13.2 Å². The maximum Gasteiger partial charge on any atom is 0.250 e. The highest BCUT2D eigenvalue weighted by Crippen LogP contribution is 2.23. The van der Waals surface area contributed by atoms with Gasteiger partial charge < -0.3 is 5.32 Å². The highest BCUT2D eigenvalue weighted by molar-refractivity contribution is 7.91. The zero-order chi connectivity index (χ0) is 18.8. The number of thiophene rings is 1. The van der Waals surface area contributed by atoms with Crippen LogP contribution in [-0.4, -0.2) is 20.4 Å². The Hall–Kier alpha value is -1.70. The first-order valence-corrected chi connectivity index (χ1v) is 10.4. The zero-order valence-electron chi connectivity index (χ0n) is 15.1. The fourth-order valence-electron chi connectivity index (χ4n) is 2.71. The molecule has 0 bridgehead atoms. The molecule has 0 aliphatic heterocycles. The Kier molecular flexibility index (Phi) is 6.03. The van der Waals surface area contributed by atoms with E-state index in [-0.39, 0.29) is 16.0 Å². The summed E-state index contributed by atoms with van der Waals surface area (Å²) in [6.07, 6.45) is 0. The maximum absolute atomic E-state index is 12.8. The fraction of sp³-hybridized carbons (Fsp3) is 0.389. The van der Waals surface area contributed by atoms with Crippen LogP contribution in [-0.2, 0) is 14.8 Å². The molecule has 1 aromatic heterocycles. The number of amides is 1. The van der Waals surface area contributed by atoms with Crippen molar-refractivity contribution in [3.05, 3.63) is 46.3 Å². The summed E-state index contributed by atoms with van der Waals surface area (Å²) in [7, 11) is -3.72. The summed E-state index contributed by atoms with van der Waals surface area (Å²) in [4.78, 5) is 12.8. The average Bonchev–Trinajstić information content (AvgIpc) is 3.03. The number of benzene rings is 1. The number of sulfonamides is 1. The Bertz CT molecular complexity index is 833. The third-order valence-corrected chi connectivity index (χ3v) is 6.75. The van der Waals surface area contributed by atoms with Gasteiger partial charge in [-0.05, 0) is 49.3 Å². The van der Waals surface area contributed by atoms with Crippen molar-refractivity contribution in [2.45, 2.75) is 44.9 Å². The molecule has 25 heavy (non-hydrogen) atoms. The van der Waals surface area contributed by atoms with Crippen molar-refractivity contribution in [1.29, 1.82) is 0 Å². The number of rotatable bonds is 6. The summed E-state index contributed by atoms with van der Waals surface area (Å²) in [5.41, 5.74) is 3.76. The van der Waals surface area contributed by atoms with Crippen LogP contribution in [0, 0.1) is 26.7 Å². The molecule has 2 aromatic rings. The Morgan fingerprint density at radius 2 is 1.72 bits per heavy atom. The molecule has 1 heterocycles. The number of carbonyl (C=O) groups is 1. The molecular weight excluding hydrogens is 356 g/mol. The highest BCUT2D eigenvalue weighted by Gasteiger charge is 2.29. The van der Waals surface area contributed by atoms with E-state index in [2.05, 4.69) is 10.0 Å². The topological polar surface area (TPSA) is 75.3 Å². The van der Waals surface area contributed by atoms with E-state index in [0.717, 1.165) is 33.7 Å². The van der Waals surface area contributed by atoms with Crippen LogP contribution in [0.3, 0.4) is 0 Å². The maximum atomic E-state index is 12.8. The highest BCUT2D eigenvalue weighted by atomic mass is 32.2. The van der Waals surface area contributed by atoms with E-state index >= 15 is 0 Å². The van der Waals surface area contributed by atoms with Gasteiger partial charge in [0.2, 0.25) is 5.91 Å². The first kappa shape index (κ1) is 19.6. The van der Waals surface area contributed by atoms with E-state index < -0.39 is 16.1 Å². The predicted molar refractivity (Wildman–Crippen MR) is 103 cm³/mol. The van der Waals surface area contributed by atoms with Gasteiger partial charge in [-0.1, -0.05) is 37.6 Å². The van der Waals surface area contributed by atoms with E-state index in [4.69, 9.17) is 0 Å². The fourth-order valence-corrected chi connectivity index (χ4v) is 5.07. The van der Waals surface area contributed by atoms with E-state index in [9.17, 15) is 13.2 Å². The zero-order valence-corrected chi connectivity index (χ0v) is 16.7. The Morgan fingerprint density at radius 1 is 1.12 bits per heavy atom. The molecular formula is C18H24N2O3S2. The number of anilines is 1. The molecule has 1 atom stereocenters. The van der Waals surface area contributed by atoms with Crippen LogP contribution in [0.25, 0.3) is 0 Å². The van der Waals surface area contributed by atoms with E-state index in [1.165, 1.54) is 6.07 Å². The quantitative estimate of drug-likeness (QED) is 0.804. The summed E-state index contributed by atoms with van der Waals surface area (Å²) < 4.78 is 27.7. The molecule has 1 aromatic carbocycles. The Labute approximate surface area is 153 Å². The molecule has 7 heteroatoms. The largest absolute Gasteiger partial charge is 0.324 e. The monoisotopic (exact) mass is 380 g/mol. The second-order valence-electron chi connectivity index (χ2n) is 6.54. The second-order valence-corrected chi connectivity index (χ2v) is 9.43. The SMILES string of the molecule is Cc1cc(C)c(NC(=O)C(NS(=O)(=O)c2cccs2)C(C)C)c(C)c1. The molecule has 0 radical (unpaired) electrons. The number of carbonyl (C=O) groups excluding carboxylic acids is 1. The van der Waals surface area contributed by atoms with Crippen molar-refractivity contribution >= 4 is 33.0 Å². The van der Waals surface area contributed by atoms with Crippen LogP contribution in [0.15, 0.2) is 33.9 Å². The number of aryl methyl sites for hydroxylation is 3. The van der Waals surface area contributed by atoms with Crippen molar-refractivity contribution in [2.24, 2.45) is 5.92 Å². The number of hydrogen-bond acceptors (Lipinski definition) is 4. The Morgan fingerprint density at radius 3 is 2.20 bits per heavy atom. The van der Waals surface area contributed by atoms with Gasteiger partial charge in [-0.25, -0.2) is 8.42 Å². The molecule has 1 unspecified atom stereocenters. The lowest BCUT2D eigenvalue weighted by Crippen LogP contribution is -2.47. The van der Waals surface area contributed by atoms with Gasteiger partial charge >= 0.3 is 0 Å². The van der Waals surface area contributed by atoms with Crippen molar-refractivity contribution in [2.75, 3.05) is 5.32 Å². The van der Waals surface area contributed by atoms with E-state index in [1.54, 1.807) is 11.4 Å². The number of hydrogen-bond donors (Lipinski definition) is 2. The second kappa shape index (κ2) is 7.68. The smallest absolute Gasteiger partial charge is 0.250 e. The molecule has 0 spiro atoms. The molecule has 136 valence electrons. The van der Waals surface area contributed by atoms with Gasteiger partial charge in [-0.15, -0.1) is 11.3 Å². The molecule has 0 aliphatic carbocycles. The minimum Gasteiger partial charge on any atom is -0.324 e. The lowest BCUT2D eigenvalue weighted by molar-refractivity contribution is -0.118. The van der Waals surface area contributed by atoms with E-state index in [0.29, 0.717) is 0 Å². The average molecular weight is 381 g/mol. The van der Waals surface area contributed by atoms with Gasteiger partial charge in [-0.3, -0.25) is 4.79 Å². The summed E-state index contributed by atoms with van der Waals surface area (Å²) in [6, 6.07) is 6.32. The molecule has 0 saturated heterocycles. The standard InChI is InChI=1S/C18H24N2O3S2/c1-11(2)16(20-25(22,23)15-7-6-8-24-15)18(21)19-17-13(4)9-12(3)10-14(17)5/h6-11,16,20H,1-5H3,(H,19,21). The van der Waals surface area contributed by atoms with Gasteiger partial charge in [0.25, 0.3) is 10.0 Å². The van der Waals surface area contributed by atoms with E-state index in [1.807, 2.05) is 46.8 Å². The summed E-state index contributed by atoms with van der Waals surface area (Å²) in [5, 5.41) is 4.59. The predicted octanol–water partition coefficient (Wildman–Crippen LogP) is 3.61. The minimum absolute atomic E-state index is 0.194. The molecule has 0 fully saturated rings. The lowest BCUT2D eigenvalue weighted by Gasteiger charge is -2.22. The summed E-state index contributed by atoms with van der Waals surface area (Å²) in [5.74, 6) is -0.550. The normalized spacial score (nSPS) is 13.0. The van der Waals surface area contributed by atoms with Gasteiger partial charge in [0.05, 0.1) is 0 Å². The molecule has 0 saturated carbocycles. The molecule has 1 amide bonds. The van der Waals surface area contributed by atoms with Crippen LogP contribution >= 0.6 is 11.3 Å². The van der Waals surface area contributed by atoms with Crippen LogP contribution in [0.5, 0.6) is 0 Å². The first-order valence-electron chi connectivity index (χ1n) is 8.06. The molecule has 0 aliphatic rings. The lowest BCUT2D eigenvalue weighted by atomic mass is 10.0. The minimum atomic E-state index is -3.72. The third kappa shape index (κ3) is 4.68. The molecule has 2 rings (SSSR count). The van der Waals surface area contributed by atoms with Crippen molar-refractivity contribution in [1.82, 2.24) is 4.72 Å². The molecule has 5 nitrogen and oxygen atoms in total. The third-order valence-electron chi connectivity index (χ3n) is 3.92.